The van der Waals surface area contributed by atoms with Crippen molar-refractivity contribution in [3.05, 3.63) is 83.4 Å². The SMILES string of the molecule is Cc1ccc(S(=O)(=O)N2C[C@@H](C(=O)NCCOc3ccccc3C(C)C)Oc3ccc(C(C)(C)C)cc32)cc1. The van der Waals surface area contributed by atoms with Crippen molar-refractivity contribution in [2.45, 2.75) is 63.9 Å². The molecule has 39 heavy (non-hydrogen) atoms. The molecule has 7 nitrogen and oxygen atoms in total. The second kappa shape index (κ2) is 11.3. The maximum absolute atomic E-state index is 13.8. The van der Waals surface area contributed by atoms with Crippen LogP contribution in [0.4, 0.5) is 5.69 Å². The third kappa shape index (κ3) is 6.38. The molecule has 3 aromatic rings. The summed E-state index contributed by atoms with van der Waals surface area (Å²) < 4.78 is 40.9. The number of carbonyl (C=O) groups excluding carboxylic acids is 1. The van der Waals surface area contributed by atoms with E-state index in [-0.39, 0.29) is 30.0 Å². The zero-order valence-electron chi connectivity index (χ0n) is 23.5. The monoisotopic (exact) mass is 550 g/mol. The molecule has 0 saturated carbocycles. The van der Waals surface area contributed by atoms with E-state index in [0.717, 1.165) is 22.4 Å². The average Bonchev–Trinajstić information content (AvgIpc) is 2.89. The van der Waals surface area contributed by atoms with E-state index in [1.165, 1.54) is 4.31 Å². The van der Waals surface area contributed by atoms with E-state index < -0.39 is 22.0 Å². The molecule has 1 amide bonds. The molecule has 0 spiro atoms. The number of aryl methyl sites for hydroxylation is 1. The number of carbonyl (C=O) groups is 1. The van der Waals surface area contributed by atoms with Gasteiger partial charge in [0.1, 0.15) is 18.1 Å². The summed E-state index contributed by atoms with van der Waals surface area (Å²) in [6.07, 6.45) is -1.01. The topological polar surface area (TPSA) is 84.9 Å². The van der Waals surface area contributed by atoms with Crippen molar-refractivity contribution in [3.8, 4) is 11.5 Å². The van der Waals surface area contributed by atoms with Crippen molar-refractivity contribution in [2.75, 3.05) is 24.0 Å². The fourth-order valence-electron chi connectivity index (χ4n) is 4.46. The molecular weight excluding hydrogens is 512 g/mol. The Balaban J connectivity index is 1.54. The standard InChI is InChI=1S/C31H38N2O5S/c1-21(2)25-9-7-8-10-27(25)37-18-17-32-30(34)29-20-33(39(35,36)24-14-11-22(3)12-15-24)26-19-23(31(4,5)6)13-16-28(26)38-29/h7-16,19,21,29H,17-18,20H2,1-6H3,(H,32,34)/t29-/m0/s1. The van der Waals surface area contributed by atoms with Crippen LogP contribution in [0.25, 0.3) is 0 Å². The Morgan fingerprint density at radius 3 is 2.44 bits per heavy atom. The second-order valence-corrected chi connectivity index (χ2v) is 13.1. The van der Waals surface area contributed by atoms with Crippen LogP contribution in [0, 0.1) is 6.92 Å². The van der Waals surface area contributed by atoms with Crippen LogP contribution in [0.2, 0.25) is 0 Å². The Kier molecular flexibility index (Phi) is 8.25. The van der Waals surface area contributed by atoms with Crippen molar-refractivity contribution >= 4 is 21.6 Å². The molecule has 0 bridgehead atoms. The van der Waals surface area contributed by atoms with Gasteiger partial charge in [-0.1, -0.05) is 76.6 Å². The summed E-state index contributed by atoms with van der Waals surface area (Å²) >= 11 is 0. The van der Waals surface area contributed by atoms with E-state index in [4.69, 9.17) is 9.47 Å². The minimum Gasteiger partial charge on any atom is -0.491 e. The lowest BCUT2D eigenvalue weighted by Crippen LogP contribution is -2.51. The van der Waals surface area contributed by atoms with Crippen LogP contribution in [0.15, 0.2) is 71.6 Å². The van der Waals surface area contributed by atoms with E-state index >= 15 is 0 Å². The minimum atomic E-state index is -3.95. The number of anilines is 1. The number of benzene rings is 3. The molecule has 1 aliphatic rings. The zero-order chi connectivity index (χ0) is 28.4. The van der Waals surface area contributed by atoms with Crippen molar-refractivity contribution in [3.63, 3.8) is 0 Å². The molecule has 4 rings (SSSR count). The fourth-order valence-corrected chi connectivity index (χ4v) is 5.93. The molecule has 0 saturated heterocycles. The zero-order valence-corrected chi connectivity index (χ0v) is 24.3. The molecule has 0 radical (unpaired) electrons. The van der Waals surface area contributed by atoms with Gasteiger partial charge in [0.25, 0.3) is 15.9 Å². The summed E-state index contributed by atoms with van der Waals surface area (Å²) in [6.45, 7) is 12.7. The highest BCUT2D eigenvalue weighted by Gasteiger charge is 2.38. The number of hydrogen-bond acceptors (Lipinski definition) is 5. The van der Waals surface area contributed by atoms with Gasteiger partial charge in [-0.25, -0.2) is 8.42 Å². The first-order chi connectivity index (χ1) is 18.4. The van der Waals surface area contributed by atoms with Crippen LogP contribution in [-0.4, -0.2) is 40.1 Å². The smallest absolute Gasteiger partial charge is 0.264 e. The number of nitrogens with one attached hydrogen (secondary N) is 1. The number of amides is 1. The van der Waals surface area contributed by atoms with Crippen molar-refractivity contribution in [1.29, 1.82) is 0 Å². The summed E-state index contributed by atoms with van der Waals surface area (Å²) in [7, 11) is -3.95. The molecule has 0 aliphatic carbocycles. The molecule has 0 aromatic heterocycles. The molecule has 3 aromatic carbocycles. The van der Waals surface area contributed by atoms with Crippen LogP contribution in [-0.2, 0) is 20.2 Å². The third-order valence-corrected chi connectivity index (χ3v) is 8.59. The van der Waals surface area contributed by atoms with Gasteiger partial charge in [-0.15, -0.1) is 0 Å². The maximum atomic E-state index is 13.8. The normalized spacial score (nSPS) is 15.5. The molecule has 1 aliphatic heterocycles. The van der Waals surface area contributed by atoms with Crippen LogP contribution >= 0.6 is 0 Å². The van der Waals surface area contributed by atoms with Gasteiger partial charge in [-0.05, 0) is 59.7 Å². The van der Waals surface area contributed by atoms with E-state index in [0.29, 0.717) is 17.4 Å². The second-order valence-electron chi connectivity index (χ2n) is 11.2. The van der Waals surface area contributed by atoms with Crippen molar-refractivity contribution < 1.29 is 22.7 Å². The van der Waals surface area contributed by atoms with E-state index in [2.05, 4.69) is 39.9 Å². The Labute approximate surface area is 232 Å². The number of nitrogens with zero attached hydrogens (tertiary/aromatic N) is 1. The molecule has 8 heteroatoms. The largest absolute Gasteiger partial charge is 0.491 e. The number of ether oxygens (including phenoxy) is 2. The van der Waals surface area contributed by atoms with E-state index in [1.807, 2.05) is 43.3 Å². The van der Waals surface area contributed by atoms with Gasteiger partial charge in [0.15, 0.2) is 6.10 Å². The van der Waals surface area contributed by atoms with Gasteiger partial charge >= 0.3 is 0 Å². The molecule has 0 unspecified atom stereocenters. The highest BCUT2D eigenvalue weighted by molar-refractivity contribution is 7.92. The number of sulfonamides is 1. The van der Waals surface area contributed by atoms with E-state index in [9.17, 15) is 13.2 Å². The lowest BCUT2D eigenvalue weighted by molar-refractivity contribution is -0.127. The lowest BCUT2D eigenvalue weighted by atomic mass is 9.86. The van der Waals surface area contributed by atoms with Crippen molar-refractivity contribution in [2.24, 2.45) is 0 Å². The Morgan fingerprint density at radius 2 is 1.77 bits per heavy atom. The van der Waals surface area contributed by atoms with Crippen LogP contribution in [0.1, 0.15) is 57.2 Å². The predicted molar refractivity (Wildman–Crippen MR) is 154 cm³/mol. The quantitative estimate of drug-likeness (QED) is 0.371. The number of para-hydroxylation sites is 1. The number of rotatable bonds is 8. The minimum absolute atomic E-state index is 0.139. The maximum Gasteiger partial charge on any atom is 0.264 e. The van der Waals surface area contributed by atoms with Gasteiger partial charge in [0.2, 0.25) is 0 Å². The summed E-state index contributed by atoms with van der Waals surface area (Å²) in [5, 5.41) is 2.85. The van der Waals surface area contributed by atoms with E-state index in [1.54, 1.807) is 30.3 Å². The molecule has 0 fully saturated rings. The van der Waals surface area contributed by atoms with Crippen LogP contribution in [0.3, 0.4) is 0 Å². The van der Waals surface area contributed by atoms with Gasteiger partial charge in [0.05, 0.1) is 23.7 Å². The molecule has 208 valence electrons. The summed E-state index contributed by atoms with van der Waals surface area (Å²) in [5.41, 5.74) is 3.26. The predicted octanol–water partition coefficient (Wildman–Crippen LogP) is 5.57. The Hall–Kier alpha value is -3.52. The lowest BCUT2D eigenvalue weighted by Gasteiger charge is -2.36. The first-order valence-corrected chi connectivity index (χ1v) is 14.7. The third-order valence-electron chi connectivity index (χ3n) is 6.80. The first kappa shape index (κ1) is 28.5. The molecule has 1 atom stereocenters. The molecule has 1 heterocycles. The van der Waals surface area contributed by atoms with Gasteiger partial charge in [-0.2, -0.15) is 0 Å². The number of hydrogen-bond donors (Lipinski definition) is 1. The van der Waals surface area contributed by atoms with Crippen LogP contribution in [0.5, 0.6) is 11.5 Å². The highest BCUT2D eigenvalue weighted by atomic mass is 32.2. The van der Waals surface area contributed by atoms with Crippen LogP contribution < -0.4 is 19.1 Å². The summed E-state index contributed by atoms with van der Waals surface area (Å²) in [5.74, 6) is 1.05. The summed E-state index contributed by atoms with van der Waals surface area (Å²) in [6, 6.07) is 20.1. The Morgan fingerprint density at radius 1 is 1.08 bits per heavy atom. The van der Waals surface area contributed by atoms with Gasteiger partial charge in [-0.3, -0.25) is 9.10 Å². The summed E-state index contributed by atoms with van der Waals surface area (Å²) in [4.78, 5) is 13.3. The van der Waals surface area contributed by atoms with Crippen molar-refractivity contribution in [1.82, 2.24) is 5.32 Å². The van der Waals surface area contributed by atoms with Gasteiger partial charge in [0, 0.05) is 0 Å². The Bertz CT molecular complexity index is 1430. The highest BCUT2D eigenvalue weighted by Crippen LogP contribution is 2.40. The molecular formula is C31H38N2O5S. The first-order valence-electron chi connectivity index (χ1n) is 13.3. The average molecular weight is 551 g/mol. The fraction of sp³-hybridized carbons (Fsp3) is 0.387. The van der Waals surface area contributed by atoms with Gasteiger partial charge < -0.3 is 14.8 Å². The molecule has 1 N–H and O–H groups in total. The number of fused-ring (bicyclic) bond motifs is 1.